The Hall–Kier alpha value is -0.280. The van der Waals surface area contributed by atoms with Crippen molar-refractivity contribution >= 4 is 18.3 Å². The van der Waals surface area contributed by atoms with Gasteiger partial charge in [0, 0.05) is 19.5 Å². The summed E-state index contributed by atoms with van der Waals surface area (Å²) in [6, 6.07) is 0. The molecule has 0 aromatic rings. The van der Waals surface area contributed by atoms with E-state index >= 15 is 0 Å². The lowest BCUT2D eigenvalue weighted by Gasteiger charge is -2.20. The van der Waals surface area contributed by atoms with Crippen molar-refractivity contribution in [2.45, 2.75) is 58.8 Å². The van der Waals surface area contributed by atoms with Crippen LogP contribution in [0.2, 0.25) is 0 Å². The first-order valence-corrected chi connectivity index (χ1v) is 6.74. The van der Waals surface area contributed by atoms with Crippen molar-refractivity contribution in [3.63, 3.8) is 0 Å². The van der Waals surface area contributed by atoms with E-state index in [1.165, 1.54) is 0 Å². The van der Waals surface area contributed by atoms with Crippen LogP contribution in [0.15, 0.2) is 0 Å². The quantitative estimate of drug-likeness (QED) is 0.617. The number of rotatable bonds is 10. The van der Waals surface area contributed by atoms with Crippen molar-refractivity contribution < 1.29 is 4.79 Å². The highest BCUT2D eigenvalue weighted by Gasteiger charge is 2.09. The van der Waals surface area contributed by atoms with Crippen molar-refractivity contribution in [2.75, 3.05) is 19.6 Å². The Morgan fingerprint density at radius 1 is 1.06 bits per heavy atom. The summed E-state index contributed by atoms with van der Waals surface area (Å²) < 4.78 is 0. The molecule has 4 heteroatoms. The molecule has 0 heterocycles. The SMILES string of the molecule is CCCCN(CC)C(=O)CCCCCCN.Cl. The Balaban J connectivity index is 0. The molecule has 0 atom stereocenters. The maximum absolute atomic E-state index is 11.8. The highest BCUT2D eigenvalue weighted by Crippen LogP contribution is 2.06. The fourth-order valence-corrected chi connectivity index (χ4v) is 1.74. The van der Waals surface area contributed by atoms with E-state index in [1.54, 1.807) is 0 Å². The molecule has 0 fully saturated rings. The van der Waals surface area contributed by atoms with Crippen LogP contribution in [0.5, 0.6) is 0 Å². The van der Waals surface area contributed by atoms with Gasteiger partial charge in [0.25, 0.3) is 0 Å². The molecule has 3 nitrogen and oxygen atoms in total. The van der Waals surface area contributed by atoms with Gasteiger partial charge in [-0.25, -0.2) is 0 Å². The normalized spacial score (nSPS) is 9.82. The Kier molecular flexibility index (Phi) is 15.5. The van der Waals surface area contributed by atoms with E-state index in [0.717, 1.165) is 58.2 Å². The molecule has 1 amide bonds. The molecular formula is C13H29ClN2O. The third-order valence-corrected chi connectivity index (χ3v) is 2.86. The Bertz CT molecular complexity index is 177. The zero-order chi connectivity index (χ0) is 12.2. The van der Waals surface area contributed by atoms with Crippen LogP contribution in [0.4, 0.5) is 0 Å². The summed E-state index contributed by atoms with van der Waals surface area (Å²) in [4.78, 5) is 13.8. The van der Waals surface area contributed by atoms with Gasteiger partial charge in [0.2, 0.25) is 5.91 Å². The van der Waals surface area contributed by atoms with E-state index < -0.39 is 0 Å². The van der Waals surface area contributed by atoms with Crippen LogP contribution in [0.25, 0.3) is 0 Å². The fourth-order valence-electron chi connectivity index (χ4n) is 1.74. The van der Waals surface area contributed by atoms with Gasteiger partial charge in [-0.15, -0.1) is 12.4 Å². The molecule has 0 aliphatic rings. The van der Waals surface area contributed by atoms with Crippen LogP contribution < -0.4 is 5.73 Å². The number of nitrogens with zero attached hydrogens (tertiary/aromatic N) is 1. The minimum absolute atomic E-state index is 0. The Morgan fingerprint density at radius 3 is 2.24 bits per heavy atom. The molecule has 0 aliphatic heterocycles. The van der Waals surface area contributed by atoms with E-state index in [0.29, 0.717) is 12.3 Å². The van der Waals surface area contributed by atoms with Gasteiger partial charge < -0.3 is 10.6 Å². The maximum atomic E-state index is 11.8. The summed E-state index contributed by atoms with van der Waals surface area (Å²) >= 11 is 0. The zero-order valence-electron chi connectivity index (χ0n) is 11.4. The second kappa shape index (κ2) is 13.8. The van der Waals surface area contributed by atoms with Crippen molar-refractivity contribution in [3.05, 3.63) is 0 Å². The number of unbranched alkanes of at least 4 members (excludes halogenated alkanes) is 4. The topological polar surface area (TPSA) is 46.3 Å². The first-order chi connectivity index (χ1) is 7.76. The largest absolute Gasteiger partial charge is 0.343 e. The molecule has 0 radical (unpaired) electrons. The molecule has 0 aromatic heterocycles. The van der Waals surface area contributed by atoms with Gasteiger partial charge in [-0.1, -0.05) is 26.2 Å². The fraction of sp³-hybridized carbons (Fsp3) is 0.923. The van der Waals surface area contributed by atoms with Crippen LogP contribution in [0.1, 0.15) is 58.8 Å². The average molecular weight is 265 g/mol. The van der Waals surface area contributed by atoms with Crippen LogP contribution in [0, 0.1) is 0 Å². The highest BCUT2D eigenvalue weighted by atomic mass is 35.5. The number of halogens is 1. The number of nitrogens with two attached hydrogens (primary N) is 1. The summed E-state index contributed by atoms with van der Waals surface area (Å²) in [7, 11) is 0. The van der Waals surface area contributed by atoms with Crippen LogP contribution >= 0.6 is 12.4 Å². The van der Waals surface area contributed by atoms with Crippen LogP contribution in [0.3, 0.4) is 0 Å². The van der Waals surface area contributed by atoms with Crippen molar-refractivity contribution in [2.24, 2.45) is 5.73 Å². The molecule has 0 saturated carbocycles. The smallest absolute Gasteiger partial charge is 0.222 e. The lowest BCUT2D eigenvalue weighted by molar-refractivity contribution is -0.131. The van der Waals surface area contributed by atoms with E-state index in [-0.39, 0.29) is 12.4 Å². The lowest BCUT2D eigenvalue weighted by Crippen LogP contribution is -2.31. The van der Waals surface area contributed by atoms with Crippen LogP contribution in [-0.2, 0) is 4.79 Å². The van der Waals surface area contributed by atoms with Gasteiger partial charge in [-0.05, 0) is 32.7 Å². The number of hydrogen-bond acceptors (Lipinski definition) is 2. The molecule has 17 heavy (non-hydrogen) atoms. The molecule has 104 valence electrons. The summed E-state index contributed by atoms with van der Waals surface area (Å²) in [6.45, 7) is 6.76. The first kappa shape index (κ1) is 19.1. The zero-order valence-corrected chi connectivity index (χ0v) is 12.2. The molecule has 0 aromatic carbocycles. The van der Waals surface area contributed by atoms with E-state index in [4.69, 9.17) is 5.73 Å². The van der Waals surface area contributed by atoms with E-state index in [2.05, 4.69) is 13.8 Å². The third kappa shape index (κ3) is 10.6. The van der Waals surface area contributed by atoms with Gasteiger partial charge in [0.05, 0.1) is 0 Å². The average Bonchev–Trinajstić information content (AvgIpc) is 2.30. The predicted molar refractivity (Wildman–Crippen MR) is 76.5 cm³/mol. The van der Waals surface area contributed by atoms with Gasteiger partial charge in [0.15, 0.2) is 0 Å². The van der Waals surface area contributed by atoms with Crippen molar-refractivity contribution in [1.29, 1.82) is 0 Å². The summed E-state index contributed by atoms with van der Waals surface area (Å²) in [6.07, 6.45) is 7.37. The molecular weight excluding hydrogens is 236 g/mol. The van der Waals surface area contributed by atoms with Gasteiger partial charge >= 0.3 is 0 Å². The van der Waals surface area contributed by atoms with Crippen molar-refractivity contribution in [3.8, 4) is 0 Å². The maximum Gasteiger partial charge on any atom is 0.222 e. The van der Waals surface area contributed by atoms with Gasteiger partial charge in [-0.3, -0.25) is 4.79 Å². The Labute approximate surface area is 113 Å². The second-order valence-corrected chi connectivity index (χ2v) is 4.28. The lowest BCUT2D eigenvalue weighted by atomic mass is 10.1. The molecule has 2 N–H and O–H groups in total. The molecule has 0 saturated heterocycles. The number of carbonyl (C=O) groups excluding carboxylic acids is 1. The van der Waals surface area contributed by atoms with Gasteiger partial charge in [-0.2, -0.15) is 0 Å². The van der Waals surface area contributed by atoms with Gasteiger partial charge in [0.1, 0.15) is 0 Å². The summed E-state index contributed by atoms with van der Waals surface area (Å²) in [5.41, 5.74) is 5.42. The van der Waals surface area contributed by atoms with Crippen LogP contribution in [-0.4, -0.2) is 30.4 Å². The first-order valence-electron chi connectivity index (χ1n) is 6.74. The van der Waals surface area contributed by atoms with E-state index in [1.807, 2.05) is 4.90 Å². The molecule has 0 unspecified atom stereocenters. The minimum atomic E-state index is 0. The van der Waals surface area contributed by atoms with E-state index in [9.17, 15) is 4.79 Å². The third-order valence-electron chi connectivity index (χ3n) is 2.86. The molecule has 0 rings (SSSR count). The van der Waals surface area contributed by atoms with Crippen molar-refractivity contribution in [1.82, 2.24) is 4.90 Å². The molecule has 0 spiro atoms. The minimum Gasteiger partial charge on any atom is -0.343 e. The summed E-state index contributed by atoms with van der Waals surface area (Å²) in [5.74, 6) is 0.323. The molecule has 0 bridgehead atoms. The second-order valence-electron chi connectivity index (χ2n) is 4.28. The standard InChI is InChI=1S/C13H28N2O.ClH/c1-3-5-12-15(4-2)13(16)10-8-6-7-9-11-14;/h3-12,14H2,1-2H3;1H. The monoisotopic (exact) mass is 264 g/mol. The Morgan fingerprint density at radius 2 is 1.71 bits per heavy atom. The number of amides is 1. The molecule has 0 aliphatic carbocycles. The number of hydrogen-bond donors (Lipinski definition) is 1. The summed E-state index contributed by atoms with van der Waals surface area (Å²) in [5, 5.41) is 0. The predicted octanol–water partition coefficient (Wildman–Crippen LogP) is 2.97. The highest BCUT2D eigenvalue weighted by molar-refractivity contribution is 5.85. The number of carbonyl (C=O) groups is 1.